The Kier molecular flexibility index (Phi) is 8.05. The zero-order chi connectivity index (χ0) is 22.0. The molecule has 0 spiro atoms. The summed E-state index contributed by atoms with van der Waals surface area (Å²) in [6.45, 7) is 5.03. The lowest BCUT2D eigenvalue weighted by Gasteiger charge is -2.33. The van der Waals surface area contributed by atoms with Gasteiger partial charge in [-0.1, -0.05) is 6.92 Å². The van der Waals surface area contributed by atoms with Crippen molar-refractivity contribution in [1.82, 2.24) is 19.8 Å². The number of hydrogen-bond donors (Lipinski definition) is 1. The van der Waals surface area contributed by atoms with Crippen LogP contribution in [0.5, 0.6) is 0 Å². The van der Waals surface area contributed by atoms with E-state index in [0.29, 0.717) is 18.2 Å². The number of aromatic nitrogens is 2. The molecule has 0 bridgehead atoms. The molecule has 0 unspecified atom stereocenters. The molecule has 32 heavy (non-hydrogen) atoms. The molecule has 1 saturated heterocycles. The van der Waals surface area contributed by atoms with Crippen LogP contribution in [0.3, 0.4) is 0 Å². The molecule has 2 fully saturated rings. The van der Waals surface area contributed by atoms with Crippen molar-refractivity contribution in [2.45, 2.75) is 64.3 Å². The Balaban J connectivity index is 0.00000289. The molecule has 176 valence electrons. The van der Waals surface area contributed by atoms with Crippen molar-refractivity contribution in [3.8, 4) is 0 Å². The van der Waals surface area contributed by atoms with Gasteiger partial charge < -0.3 is 10.0 Å². The van der Waals surface area contributed by atoms with E-state index in [1.165, 1.54) is 9.80 Å². The molecular formula is C22H32ClN5O4. The van der Waals surface area contributed by atoms with Crippen LogP contribution in [0.15, 0.2) is 6.20 Å². The Bertz CT molecular complexity index is 859. The third-order valence-electron chi connectivity index (χ3n) is 6.92. The van der Waals surface area contributed by atoms with Crippen LogP contribution in [0.1, 0.15) is 56.8 Å². The minimum absolute atomic E-state index is 0. The fourth-order valence-electron chi connectivity index (χ4n) is 5.01. The van der Waals surface area contributed by atoms with Gasteiger partial charge in [0, 0.05) is 38.4 Å². The van der Waals surface area contributed by atoms with Crippen molar-refractivity contribution in [2.24, 2.45) is 5.92 Å². The van der Waals surface area contributed by atoms with Crippen LogP contribution in [0, 0.1) is 5.92 Å². The number of halogens is 1. The topological polar surface area (TPSA) is 107 Å². The van der Waals surface area contributed by atoms with Crippen LogP contribution in [-0.2, 0) is 22.4 Å². The number of likely N-dealkylation sites (N-methyl/N-ethyl adjacent to an activating group) is 1. The molecular weight excluding hydrogens is 434 g/mol. The standard InChI is InChI=1S/C22H31N5O4.ClH/c1-2-25-11-9-17-18(10-12-25)24-19(13-23-17)26-14-20(28)27(22(26)31)16-6-3-15(4-7-16)5-8-21(29)30;/h13,15-16H,2-12,14H2,1H3,(H,29,30);1H. The number of carbonyl (C=O) groups excluding carboxylic acids is 2. The van der Waals surface area contributed by atoms with Crippen LogP contribution in [0.25, 0.3) is 0 Å². The van der Waals surface area contributed by atoms with E-state index in [1.807, 2.05) is 0 Å². The van der Waals surface area contributed by atoms with E-state index in [9.17, 15) is 14.4 Å². The molecule has 9 nitrogen and oxygen atoms in total. The molecule has 4 rings (SSSR count). The van der Waals surface area contributed by atoms with Gasteiger partial charge in [0.25, 0.3) is 5.91 Å². The van der Waals surface area contributed by atoms with E-state index in [0.717, 1.165) is 69.5 Å². The molecule has 1 N–H and O–H groups in total. The quantitative estimate of drug-likeness (QED) is 0.643. The predicted molar refractivity (Wildman–Crippen MR) is 121 cm³/mol. The summed E-state index contributed by atoms with van der Waals surface area (Å²) in [6, 6.07) is -0.421. The highest BCUT2D eigenvalue weighted by molar-refractivity contribution is 6.12. The molecule has 1 aromatic rings. The second-order valence-electron chi connectivity index (χ2n) is 8.80. The molecule has 0 aromatic carbocycles. The Morgan fingerprint density at radius 3 is 2.47 bits per heavy atom. The number of aliphatic carboxylic acids is 1. The SMILES string of the molecule is CCN1CCc2ncc(N3CC(=O)N(C4CCC(CCC(=O)O)CC4)C3=O)nc2CC1.Cl. The first-order valence-corrected chi connectivity index (χ1v) is 11.4. The lowest BCUT2D eigenvalue weighted by atomic mass is 9.83. The van der Waals surface area contributed by atoms with Gasteiger partial charge >= 0.3 is 12.0 Å². The average Bonchev–Trinajstić information content (AvgIpc) is 2.94. The van der Waals surface area contributed by atoms with Gasteiger partial charge in [0.2, 0.25) is 0 Å². The molecule has 10 heteroatoms. The van der Waals surface area contributed by atoms with Crippen LogP contribution in [0.2, 0.25) is 0 Å². The zero-order valence-electron chi connectivity index (χ0n) is 18.5. The Morgan fingerprint density at radius 2 is 1.81 bits per heavy atom. The van der Waals surface area contributed by atoms with Crippen molar-refractivity contribution in [1.29, 1.82) is 0 Å². The molecule has 3 heterocycles. The fraction of sp³-hybridized carbons (Fsp3) is 0.682. The highest BCUT2D eigenvalue weighted by Crippen LogP contribution is 2.33. The maximum absolute atomic E-state index is 13.1. The molecule has 3 aliphatic rings. The average molecular weight is 466 g/mol. The first kappa shape index (κ1) is 24.4. The number of carbonyl (C=O) groups is 3. The predicted octanol–water partition coefficient (Wildman–Crippen LogP) is 2.51. The lowest BCUT2D eigenvalue weighted by Crippen LogP contribution is -2.43. The van der Waals surface area contributed by atoms with Crippen molar-refractivity contribution in [3.05, 3.63) is 17.6 Å². The second-order valence-corrected chi connectivity index (χ2v) is 8.80. The van der Waals surface area contributed by atoms with Gasteiger partial charge in [-0.05, 0) is 44.6 Å². The number of fused-ring (bicyclic) bond motifs is 1. The first-order valence-electron chi connectivity index (χ1n) is 11.4. The van der Waals surface area contributed by atoms with Gasteiger partial charge in [-0.15, -0.1) is 12.4 Å². The number of carboxylic acids is 1. The molecule has 0 atom stereocenters. The molecule has 1 aromatic heterocycles. The highest BCUT2D eigenvalue weighted by Gasteiger charge is 2.43. The zero-order valence-corrected chi connectivity index (χ0v) is 19.4. The first-order chi connectivity index (χ1) is 15.0. The highest BCUT2D eigenvalue weighted by atomic mass is 35.5. The van der Waals surface area contributed by atoms with E-state index in [-0.39, 0.29) is 43.4 Å². The van der Waals surface area contributed by atoms with Gasteiger partial charge in [0.15, 0.2) is 5.82 Å². The second kappa shape index (κ2) is 10.6. The van der Waals surface area contributed by atoms with E-state index >= 15 is 0 Å². The van der Waals surface area contributed by atoms with Crippen molar-refractivity contribution in [3.63, 3.8) is 0 Å². The van der Waals surface area contributed by atoms with Crippen molar-refractivity contribution in [2.75, 3.05) is 31.1 Å². The van der Waals surface area contributed by atoms with Crippen LogP contribution in [-0.4, -0.2) is 75.0 Å². The van der Waals surface area contributed by atoms with E-state index in [4.69, 9.17) is 10.1 Å². The maximum Gasteiger partial charge on any atom is 0.333 e. The summed E-state index contributed by atoms with van der Waals surface area (Å²) in [5, 5.41) is 8.87. The summed E-state index contributed by atoms with van der Waals surface area (Å²) < 4.78 is 0. The number of carboxylic acid groups (broad SMARTS) is 1. The number of anilines is 1. The van der Waals surface area contributed by atoms with Crippen molar-refractivity contribution >= 4 is 36.1 Å². The summed E-state index contributed by atoms with van der Waals surface area (Å²) in [6.07, 6.45) is 7.27. The summed E-state index contributed by atoms with van der Waals surface area (Å²) in [4.78, 5) is 51.2. The molecule has 0 radical (unpaired) electrons. The molecule has 2 aliphatic heterocycles. The van der Waals surface area contributed by atoms with Crippen molar-refractivity contribution < 1.29 is 19.5 Å². The lowest BCUT2D eigenvalue weighted by molar-refractivity contribution is -0.137. The number of rotatable bonds is 6. The summed E-state index contributed by atoms with van der Waals surface area (Å²) in [5.41, 5.74) is 1.90. The number of imide groups is 1. The number of urea groups is 1. The Labute approximate surface area is 194 Å². The van der Waals surface area contributed by atoms with Gasteiger partial charge in [-0.25, -0.2) is 9.78 Å². The van der Waals surface area contributed by atoms with Gasteiger partial charge in [-0.3, -0.25) is 24.4 Å². The van der Waals surface area contributed by atoms with Crippen LogP contribution >= 0.6 is 12.4 Å². The normalized spacial score (nSPS) is 24.2. The van der Waals surface area contributed by atoms with E-state index in [2.05, 4.69) is 16.8 Å². The summed E-state index contributed by atoms with van der Waals surface area (Å²) in [7, 11) is 0. The number of amides is 3. The van der Waals surface area contributed by atoms with Gasteiger partial charge in [0.05, 0.1) is 17.6 Å². The largest absolute Gasteiger partial charge is 0.481 e. The monoisotopic (exact) mass is 465 g/mol. The van der Waals surface area contributed by atoms with Gasteiger partial charge in [0.1, 0.15) is 6.54 Å². The Hall–Kier alpha value is -2.26. The Morgan fingerprint density at radius 1 is 1.12 bits per heavy atom. The third kappa shape index (κ3) is 5.20. The van der Waals surface area contributed by atoms with Crippen LogP contribution < -0.4 is 4.90 Å². The van der Waals surface area contributed by atoms with Gasteiger partial charge in [-0.2, -0.15) is 0 Å². The fourth-order valence-corrected chi connectivity index (χ4v) is 5.01. The third-order valence-corrected chi connectivity index (χ3v) is 6.92. The maximum atomic E-state index is 13.1. The van der Waals surface area contributed by atoms with E-state index in [1.54, 1.807) is 6.20 Å². The van der Waals surface area contributed by atoms with E-state index < -0.39 is 5.97 Å². The molecule has 1 saturated carbocycles. The summed E-state index contributed by atoms with van der Waals surface area (Å²) >= 11 is 0. The minimum Gasteiger partial charge on any atom is -0.481 e. The van der Waals surface area contributed by atoms with Crippen LogP contribution in [0.4, 0.5) is 10.6 Å². The molecule has 1 aliphatic carbocycles. The number of nitrogens with zero attached hydrogens (tertiary/aromatic N) is 5. The molecule has 3 amide bonds. The smallest absolute Gasteiger partial charge is 0.333 e. The summed E-state index contributed by atoms with van der Waals surface area (Å²) in [5.74, 6) is -0.145. The number of hydrogen-bond acceptors (Lipinski definition) is 6. The minimum atomic E-state index is -0.771.